The van der Waals surface area contributed by atoms with E-state index in [9.17, 15) is 4.79 Å². The molecule has 2 rings (SSSR count). The van der Waals surface area contributed by atoms with Gasteiger partial charge in [-0.1, -0.05) is 0 Å². The lowest BCUT2D eigenvalue weighted by molar-refractivity contribution is -0.145. The predicted molar refractivity (Wildman–Crippen MR) is 63.7 cm³/mol. The highest BCUT2D eigenvalue weighted by Gasteiger charge is 2.46. The highest BCUT2D eigenvalue weighted by molar-refractivity contribution is 5.68. The zero-order valence-corrected chi connectivity index (χ0v) is 10.9. The number of amides is 1. The van der Waals surface area contributed by atoms with E-state index in [1.54, 1.807) is 4.90 Å². The first-order chi connectivity index (χ1) is 7.80. The maximum Gasteiger partial charge on any atom is 0.410 e. The van der Waals surface area contributed by atoms with E-state index >= 15 is 0 Å². The summed E-state index contributed by atoms with van der Waals surface area (Å²) in [5.41, 5.74) is 5.63. The van der Waals surface area contributed by atoms with Crippen molar-refractivity contribution in [3.8, 4) is 0 Å². The Morgan fingerprint density at radius 2 is 2.12 bits per heavy atom. The van der Waals surface area contributed by atoms with E-state index in [-0.39, 0.29) is 17.6 Å². The van der Waals surface area contributed by atoms with E-state index < -0.39 is 5.60 Å². The van der Waals surface area contributed by atoms with E-state index in [0.29, 0.717) is 26.3 Å². The summed E-state index contributed by atoms with van der Waals surface area (Å²) in [5.74, 6) is 0. The molecule has 2 heterocycles. The Kier molecular flexibility index (Phi) is 3.08. The van der Waals surface area contributed by atoms with Gasteiger partial charge in [0.15, 0.2) is 0 Å². The van der Waals surface area contributed by atoms with E-state index in [1.807, 2.05) is 20.8 Å². The molecule has 2 aliphatic heterocycles. The number of piperidine rings is 1. The van der Waals surface area contributed by atoms with Crippen LogP contribution in [0.2, 0.25) is 0 Å². The van der Waals surface area contributed by atoms with Crippen LogP contribution in [0.1, 0.15) is 27.2 Å². The van der Waals surface area contributed by atoms with Gasteiger partial charge in [-0.15, -0.1) is 0 Å². The number of nitrogens with zero attached hydrogens (tertiary/aromatic N) is 1. The van der Waals surface area contributed by atoms with Gasteiger partial charge >= 0.3 is 6.09 Å². The summed E-state index contributed by atoms with van der Waals surface area (Å²) >= 11 is 0. The van der Waals surface area contributed by atoms with Crippen molar-refractivity contribution in [3.63, 3.8) is 0 Å². The summed E-state index contributed by atoms with van der Waals surface area (Å²) in [6, 6.07) is 0.0279. The second-order valence-corrected chi connectivity index (χ2v) is 6.32. The molecule has 0 aromatic rings. The van der Waals surface area contributed by atoms with Gasteiger partial charge in [0.25, 0.3) is 0 Å². The van der Waals surface area contributed by atoms with Crippen molar-refractivity contribution in [2.75, 3.05) is 26.3 Å². The first kappa shape index (κ1) is 12.6. The molecule has 1 spiro atoms. The molecule has 1 unspecified atom stereocenters. The minimum Gasteiger partial charge on any atom is -0.444 e. The standard InChI is InChI=1S/C12H22N2O3/c1-11(2,3)17-10(15)14-5-9(13)4-12(6-14)7-16-8-12/h9H,4-8,13H2,1-3H3. The minimum atomic E-state index is -0.456. The van der Waals surface area contributed by atoms with Crippen LogP contribution in [-0.4, -0.2) is 48.9 Å². The smallest absolute Gasteiger partial charge is 0.410 e. The summed E-state index contributed by atoms with van der Waals surface area (Å²) in [6.07, 6.45) is 0.672. The lowest BCUT2D eigenvalue weighted by Crippen LogP contribution is -2.61. The number of hydrogen-bond acceptors (Lipinski definition) is 4. The van der Waals surface area contributed by atoms with Crippen molar-refractivity contribution in [3.05, 3.63) is 0 Å². The number of hydrogen-bond donors (Lipinski definition) is 1. The van der Waals surface area contributed by atoms with Gasteiger partial charge < -0.3 is 20.1 Å². The Bertz CT molecular complexity index is 307. The Balaban J connectivity index is 1.98. The summed E-state index contributed by atoms with van der Waals surface area (Å²) in [5, 5.41) is 0. The monoisotopic (exact) mass is 242 g/mol. The molecule has 2 aliphatic rings. The van der Waals surface area contributed by atoms with Crippen LogP contribution >= 0.6 is 0 Å². The van der Waals surface area contributed by atoms with Gasteiger partial charge in [-0.2, -0.15) is 0 Å². The predicted octanol–water partition coefficient (Wildman–Crippen LogP) is 0.971. The van der Waals surface area contributed by atoms with Crippen LogP contribution in [0.15, 0.2) is 0 Å². The number of nitrogens with two attached hydrogens (primary N) is 1. The van der Waals surface area contributed by atoms with E-state index in [0.717, 1.165) is 6.42 Å². The maximum atomic E-state index is 12.0. The van der Waals surface area contributed by atoms with E-state index in [2.05, 4.69) is 0 Å². The van der Waals surface area contributed by atoms with E-state index in [1.165, 1.54) is 0 Å². The van der Waals surface area contributed by atoms with Crippen molar-refractivity contribution < 1.29 is 14.3 Å². The molecule has 2 N–H and O–H groups in total. The summed E-state index contributed by atoms with van der Waals surface area (Å²) in [4.78, 5) is 13.7. The third-order valence-electron chi connectivity index (χ3n) is 3.14. The van der Waals surface area contributed by atoms with Crippen molar-refractivity contribution in [2.45, 2.75) is 38.8 Å². The van der Waals surface area contributed by atoms with Gasteiger partial charge in [0.1, 0.15) is 5.60 Å². The van der Waals surface area contributed by atoms with Crippen molar-refractivity contribution >= 4 is 6.09 Å². The van der Waals surface area contributed by atoms with Gasteiger partial charge in [-0.25, -0.2) is 4.79 Å². The molecule has 0 bridgehead atoms. The van der Waals surface area contributed by atoms with E-state index in [4.69, 9.17) is 15.2 Å². The molecule has 98 valence electrons. The molecule has 0 aromatic heterocycles. The third-order valence-corrected chi connectivity index (χ3v) is 3.14. The first-order valence-corrected chi connectivity index (χ1v) is 6.11. The lowest BCUT2D eigenvalue weighted by Gasteiger charge is -2.49. The van der Waals surface area contributed by atoms with Crippen LogP contribution in [0.25, 0.3) is 0 Å². The zero-order chi connectivity index (χ0) is 12.7. The van der Waals surface area contributed by atoms with Gasteiger partial charge in [0.05, 0.1) is 13.2 Å². The number of ether oxygens (including phenoxy) is 2. The lowest BCUT2D eigenvalue weighted by atomic mass is 9.76. The molecular weight excluding hydrogens is 220 g/mol. The topological polar surface area (TPSA) is 64.8 Å². The second kappa shape index (κ2) is 4.14. The Labute approximate surface area is 102 Å². The fourth-order valence-corrected chi connectivity index (χ4v) is 2.50. The largest absolute Gasteiger partial charge is 0.444 e. The molecule has 2 saturated heterocycles. The number of likely N-dealkylation sites (tertiary alicyclic amines) is 1. The fourth-order valence-electron chi connectivity index (χ4n) is 2.50. The molecule has 2 fully saturated rings. The first-order valence-electron chi connectivity index (χ1n) is 6.11. The Morgan fingerprint density at radius 1 is 1.47 bits per heavy atom. The third kappa shape index (κ3) is 2.90. The second-order valence-electron chi connectivity index (χ2n) is 6.32. The van der Waals surface area contributed by atoms with Crippen LogP contribution < -0.4 is 5.73 Å². The van der Waals surface area contributed by atoms with Gasteiger partial charge in [0, 0.05) is 24.5 Å². The molecule has 1 atom stereocenters. The van der Waals surface area contributed by atoms with Gasteiger partial charge in [-0.05, 0) is 27.2 Å². The summed E-state index contributed by atoms with van der Waals surface area (Å²) in [6.45, 7) is 8.32. The molecule has 0 aliphatic carbocycles. The number of rotatable bonds is 0. The SMILES string of the molecule is CC(C)(C)OC(=O)N1CC(N)CC2(COC2)C1. The number of carbonyl (C=O) groups is 1. The zero-order valence-electron chi connectivity index (χ0n) is 10.9. The fraction of sp³-hybridized carbons (Fsp3) is 0.917. The molecule has 0 radical (unpaired) electrons. The average molecular weight is 242 g/mol. The molecular formula is C12H22N2O3. The molecule has 17 heavy (non-hydrogen) atoms. The number of carbonyl (C=O) groups excluding carboxylic acids is 1. The van der Waals surface area contributed by atoms with Crippen molar-refractivity contribution in [1.29, 1.82) is 0 Å². The van der Waals surface area contributed by atoms with Crippen LogP contribution in [0.3, 0.4) is 0 Å². The normalized spacial score (nSPS) is 27.8. The van der Waals surface area contributed by atoms with Crippen molar-refractivity contribution in [1.82, 2.24) is 4.90 Å². The Hall–Kier alpha value is -0.810. The summed E-state index contributed by atoms with van der Waals surface area (Å²) < 4.78 is 10.6. The van der Waals surface area contributed by atoms with Gasteiger partial charge in [-0.3, -0.25) is 0 Å². The summed E-state index contributed by atoms with van der Waals surface area (Å²) in [7, 11) is 0. The van der Waals surface area contributed by atoms with Crippen LogP contribution in [0, 0.1) is 5.41 Å². The van der Waals surface area contributed by atoms with Crippen LogP contribution in [0.5, 0.6) is 0 Å². The molecule has 0 aromatic carbocycles. The van der Waals surface area contributed by atoms with Crippen LogP contribution in [0.4, 0.5) is 4.79 Å². The van der Waals surface area contributed by atoms with Crippen molar-refractivity contribution in [2.24, 2.45) is 11.1 Å². The van der Waals surface area contributed by atoms with Gasteiger partial charge in [0.2, 0.25) is 0 Å². The highest BCUT2D eigenvalue weighted by atomic mass is 16.6. The molecule has 5 heteroatoms. The maximum absolute atomic E-state index is 12.0. The van der Waals surface area contributed by atoms with Crippen LogP contribution in [-0.2, 0) is 9.47 Å². The quantitative estimate of drug-likeness (QED) is 0.687. The molecule has 0 saturated carbocycles. The molecule has 5 nitrogen and oxygen atoms in total. The minimum absolute atomic E-state index is 0.0279. The average Bonchev–Trinajstić information content (AvgIpc) is 2.11. The highest BCUT2D eigenvalue weighted by Crippen LogP contribution is 2.36. The Morgan fingerprint density at radius 3 is 2.59 bits per heavy atom. The molecule has 1 amide bonds.